The molecule has 0 aliphatic carbocycles. The molecule has 1 unspecified atom stereocenters. The van der Waals surface area contributed by atoms with E-state index in [1.54, 1.807) is 12.1 Å². The molecule has 2 rings (SSSR count). The summed E-state index contributed by atoms with van der Waals surface area (Å²) in [5.41, 5.74) is 0.623. The van der Waals surface area contributed by atoms with Gasteiger partial charge >= 0.3 is 0 Å². The van der Waals surface area contributed by atoms with E-state index in [2.05, 4.69) is 17.3 Å². The zero-order valence-corrected chi connectivity index (χ0v) is 13.4. The van der Waals surface area contributed by atoms with Crippen LogP contribution in [-0.2, 0) is 4.79 Å². The second-order valence-corrected chi connectivity index (χ2v) is 5.98. The van der Waals surface area contributed by atoms with E-state index in [0.717, 1.165) is 32.6 Å². The van der Waals surface area contributed by atoms with Crippen LogP contribution in [0.4, 0.5) is 0 Å². The highest BCUT2D eigenvalue weighted by atomic mass is 16.2. The molecule has 1 saturated heterocycles. The van der Waals surface area contributed by atoms with Crippen LogP contribution in [0.2, 0.25) is 0 Å². The van der Waals surface area contributed by atoms with E-state index in [-0.39, 0.29) is 17.9 Å². The van der Waals surface area contributed by atoms with Gasteiger partial charge in [-0.05, 0) is 39.1 Å². The van der Waals surface area contributed by atoms with Gasteiger partial charge in [0.15, 0.2) is 0 Å². The van der Waals surface area contributed by atoms with Crippen LogP contribution >= 0.6 is 0 Å². The van der Waals surface area contributed by atoms with Gasteiger partial charge < -0.3 is 15.1 Å². The summed E-state index contributed by atoms with van der Waals surface area (Å²) in [5.74, 6) is -0.00680. The first-order valence-electron chi connectivity index (χ1n) is 7.88. The second-order valence-electron chi connectivity index (χ2n) is 5.98. The van der Waals surface area contributed by atoms with E-state index < -0.39 is 0 Å². The summed E-state index contributed by atoms with van der Waals surface area (Å²) in [6, 6.07) is 8.92. The highest BCUT2D eigenvalue weighted by Gasteiger charge is 2.20. The van der Waals surface area contributed by atoms with Crippen molar-refractivity contribution in [3.63, 3.8) is 0 Å². The molecule has 2 amide bonds. The van der Waals surface area contributed by atoms with Gasteiger partial charge in [0, 0.05) is 37.7 Å². The van der Waals surface area contributed by atoms with Gasteiger partial charge in [0.05, 0.1) is 0 Å². The van der Waals surface area contributed by atoms with Crippen molar-refractivity contribution in [1.82, 2.24) is 15.1 Å². The van der Waals surface area contributed by atoms with E-state index in [0.29, 0.717) is 12.0 Å². The minimum atomic E-state index is -0.166. The van der Waals surface area contributed by atoms with Crippen molar-refractivity contribution in [2.24, 2.45) is 0 Å². The average Bonchev–Trinajstić information content (AvgIpc) is 2.72. The predicted molar refractivity (Wildman–Crippen MR) is 86.7 cm³/mol. The van der Waals surface area contributed by atoms with Gasteiger partial charge in [0.1, 0.15) is 0 Å². The predicted octanol–water partition coefficient (Wildman–Crippen LogP) is 1.36. The van der Waals surface area contributed by atoms with Crippen LogP contribution in [0.15, 0.2) is 30.3 Å². The van der Waals surface area contributed by atoms with E-state index in [1.165, 1.54) is 0 Å². The molecule has 0 aromatic heterocycles. The van der Waals surface area contributed by atoms with Crippen LogP contribution in [-0.4, -0.2) is 60.9 Å². The largest absolute Gasteiger partial charge is 0.349 e. The lowest BCUT2D eigenvalue weighted by Crippen LogP contribution is -2.40. The van der Waals surface area contributed by atoms with Crippen molar-refractivity contribution in [3.05, 3.63) is 35.9 Å². The molecule has 5 heteroatoms. The molecule has 1 fully saturated rings. The Morgan fingerprint density at radius 3 is 2.59 bits per heavy atom. The zero-order chi connectivity index (χ0) is 15.9. The van der Waals surface area contributed by atoms with Crippen molar-refractivity contribution >= 4 is 11.8 Å². The smallest absolute Gasteiger partial charge is 0.251 e. The minimum absolute atomic E-state index is 0.121. The minimum Gasteiger partial charge on any atom is -0.349 e. The maximum atomic E-state index is 12.3. The van der Waals surface area contributed by atoms with Gasteiger partial charge in [0.2, 0.25) is 5.91 Å². The molecule has 5 nitrogen and oxygen atoms in total. The standard InChI is InChI=1S/C17H25N3O2/c1-14(18-17(22)15-7-4-3-5-8-15)13-16(21)20-10-6-9-19(2)11-12-20/h3-5,7-8,14H,6,9-13H2,1-2H3,(H,18,22). The first-order chi connectivity index (χ1) is 10.6. The number of nitrogens with one attached hydrogen (secondary N) is 1. The molecular formula is C17H25N3O2. The number of amides is 2. The van der Waals surface area contributed by atoms with E-state index in [1.807, 2.05) is 30.0 Å². The molecule has 0 radical (unpaired) electrons. The molecule has 0 bridgehead atoms. The fourth-order valence-electron chi connectivity index (χ4n) is 2.63. The Labute approximate surface area is 132 Å². The normalized spacial score (nSPS) is 17.6. The highest BCUT2D eigenvalue weighted by Crippen LogP contribution is 2.06. The monoisotopic (exact) mass is 303 g/mol. The fourth-order valence-corrected chi connectivity index (χ4v) is 2.63. The summed E-state index contributed by atoms with van der Waals surface area (Å²) in [6.45, 7) is 5.40. The Hall–Kier alpha value is -1.88. The summed E-state index contributed by atoms with van der Waals surface area (Å²) in [5, 5.41) is 2.89. The molecule has 0 spiro atoms. The molecule has 120 valence electrons. The zero-order valence-electron chi connectivity index (χ0n) is 13.4. The van der Waals surface area contributed by atoms with Crippen LogP contribution in [0.25, 0.3) is 0 Å². The fraction of sp³-hybridized carbons (Fsp3) is 0.529. The molecule has 1 N–H and O–H groups in total. The van der Waals surface area contributed by atoms with Crippen LogP contribution < -0.4 is 5.32 Å². The quantitative estimate of drug-likeness (QED) is 0.914. The first kappa shape index (κ1) is 16.5. The van der Waals surface area contributed by atoms with E-state index in [4.69, 9.17) is 0 Å². The molecular weight excluding hydrogens is 278 g/mol. The maximum Gasteiger partial charge on any atom is 0.251 e. The summed E-state index contributed by atoms with van der Waals surface area (Å²) in [6.07, 6.45) is 1.36. The Morgan fingerprint density at radius 1 is 1.14 bits per heavy atom. The molecule has 1 aliphatic heterocycles. The number of hydrogen-bond donors (Lipinski definition) is 1. The van der Waals surface area contributed by atoms with Gasteiger partial charge in [-0.15, -0.1) is 0 Å². The third-order valence-electron chi connectivity index (χ3n) is 3.97. The number of hydrogen-bond acceptors (Lipinski definition) is 3. The third kappa shape index (κ3) is 4.84. The Kier molecular flexibility index (Phi) is 5.95. The Balaban J connectivity index is 1.82. The van der Waals surface area contributed by atoms with Crippen molar-refractivity contribution in [2.75, 3.05) is 33.2 Å². The van der Waals surface area contributed by atoms with Gasteiger partial charge in [-0.3, -0.25) is 9.59 Å². The molecule has 22 heavy (non-hydrogen) atoms. The molecule has 0 saturated carbocycles. The number of carbonyl (C=O) groups excluding carboxylic acids is 2. The SMILES string of the molecule is CC(CC(=O)N1CCCN(C)CC1)NC(=O)c1ccccc1. The summed E-state index contributed by atoms with van der Waals surface area (Å²) >= 11 is 0. The number of carbonyl (C=O) groups is 2. The van der Waals surface area contributed by atoms with Crippen molar-refractivity contribution in [2.45, 2.75) is 25.8 Å². The Morgan fingerprint density at radius 2 is 1.86 bits per heavy atom. The third-order valence-corrected chi connectivity index (χ3v) is 3.97. The maximum absolute atomic E-state index is 12.3. The van der Waals surface area contributed by atoms with Crippen LogP contribution in [0, 0.1) is 0 Å². The van der Waals surface area contributed by atoms with Gasteiger partial charge in [0.25, 0.3) is 5.91 Å². The van der Waals surface area contributed by atoms with Crippen LogP contribution in [0.5, 0.6) is 0 Å². The average molecular weight is 303 g/mol. The topological polar surface area (TPSA) is 52.7 Å². The highest BCUT2D eigenvalue weighted by molar-refractivity contribution is 5.94. The number of likely N-dealkylation sites (N-methyl/N-ethyl adjacent to an activating group) is 1. The summed E-state index contributed by atoms with van der Waals surface area (Å²) < 4.78 is 0. The van der Waals surface area contributed by atoms with Crippen LogP contribution in [0.1, 0.15) is 30.1 Å². The summed E-state index contributed by atoms with van der Waals surface area (Å²) in [7, 11) is 2.08. The van der Waals surface area contributed by atoms with Crippen molar-refractivity contribution in [1.29, 1.82) is 0 Å². The van der Waals surface area contributed by atoms with E-state index >= 15 is 0 Å². The molecule has 1 heterocycles. The number of rotatable bonds is 4. The number of nitrogens with zero attached hydrogens (tertiary/aromatic N) is 2. The molecule has 1 atom stereocenters. The van der Waals surface area contributed by atoms with E-state index in [9.17, 15) is 9.59 Å². The lowest BCUT2D eigenvalue weighted by atomic mass is 10.1. The van der Waals surface area contributed by atoms with Crippen molar-refractivity contribution < 1.29 is 9.59 Å². The lowest BCUT2D eigenvalue weighted by Gasteiger charge is -2.23. The van der Waals surface area contributed by atoms with Gasteiger partial charge in [-0.2, -0.15) is 0 Å². The number of benzene rings is 1. The first-order valence-corrected chi connectivity index (χ1v) is 7.88. The summed E-state index contributed by atoms with van der Waals surface area (Å²) in [4.78, 5) is 28.6. The second kappa shape index (κ2) is 7.94. The van der Waals surface area contributed by atoms with Gasteiger partial charge in [-0.25, -0.2) is 0 Å². The van der Waals surface area contributed by atoms with Crippen LogP contribution in [0.3, 0.4) is 0 Å². The molecule has 1 aromatic rings. The Bertz CT molecular complexity index is 504. The lowest BCUT2D eigenvalue weighted by molar-refractivity contribution is -0.131. The molecule has 1 aromatic carbocycles. The van der Waals surface area contributed by atoms with Crippen molar-refractivity contribution in [3.8, 4) is 0 Å². The van der Waals surface area contributed by atoms with Gasteiger partial charge in [-0.1, -0.05) is 18.2 Å². The molecule has 1 aliphatic rings.